The second kappa shape index (κ2) is 5.65. The van der Waals surface area contributed by atoms with Gasteiger partial charge in [0.25, 0.3) is 0 Å². The van der Waals surface area contributed by atoms with E-state index in [1.807, 2.05) is 36.4 Å². The van der Waals surface area contributed by atoms with Gasteiger partial charge in [-0.1, -0.05) is 6.07 Å². The molecule has 1 unspecified atom stereocenters. The maximum atomic E-state index is 11.6. The number of hydrogen-bond donors (Lipinski definition) is 2. The van der Waals surface area contributed by atoms with Crippen molar-refractivity contribution in [3.63, 3.8) is 0 Å². The normalized spacial score (nSPS) is 20.8. The Balaban J connectivity index is 2.40. The van der Waals surface area contributed by atoms with Gasteiger partial charge in [0.2, 0.25) is 0 Å². The lowest BCUT2D eigenvalue weighted by molar-refractivity contribution is 0.601. The second-order valence-electron chi connectivity index (χ2n) is 4.94. The summed E-state index contributed by atoms with van der Waals surface area (Å²) in [6, 6.07) is 5.68. The van der Waals surface area contributed by atoms with Crippen LogP contribution < -0.4 is 10.6 Å². The van der Waals surface area contributed by atoms with Crippen LogP contribution in [0.1, 0.15) is 12.0 Å². The summed E-state index contributed by atoms with van der Waals surface area (Å²) in [5.74, 6) is 0.418. The van der Waals surface area contributed by atoms with Crippen LogP contribution in [-0.4, -0.2) is 45.1 Å². The highest BCUT2D eigenvalue weighted by molar-refractivity contribution is 7.98. The number of rotatable bonds is 4. The van der Waals surface area contributed by atoms with Crippen molar-refractivity contribution in [1.29, 1.82) is 5.41 Å². The van der Waals surface area contributed by atoms with Gasteiger partial charge >= 0.3 is 0 Å². The molecule has 2 rings (SSSR count). The van der Waals surface area contributed by atoms with Crippen LogP contribution in [0.2, 0.25) is 0 Å². The predicted molar refractivity (Wildman–Crippen MR) is 84.7 cm³/mol. The molecule has 1 saturated heterocycles. The summed E-state index contributed by atoms with van der Waals surface area (Å²) in [4.78, 5) is 2.88. The van der Waals surface area contributed by atoms with E-state index in [-0.39, 0.29) is 23.4 Å². The van der Waals surface area contributed by atoms with E-state index >= 15 is 0 Å². The van der Waals surface area contributed by atoms with Crippen LogP contribution in [0, 0.1) is 5.41 Å². The molecule has 1 aliphatic heterocycles. The van der Waals surface area contributed by atoms with Crippen molar-refractivity contribution in [2.24, 2.45) is 5.73 Å². The zero-order valence-electron chi connectivity index (χ0n) is 11.6. The van der Waals surface area contributed by atoms with Crippen molar-refractivity contribution >= 4 is 33.1 Å². The lowest BCUT2D eigenvalue weighted by atomic mass is 10.1. The maximum Gasteiger partial charge on any atom is 0.152 e. The quantitative estimate of drug-likeness (QED) is 0.497. The third-order valence-corrected chi connectivity index (χ3v) is 6.16. The van der Waals surface area contributed by atoms with Crippen LogP contribution in [0.5, 0.6) is 0 Å². The van der Waals surface area contributed by atoms with Crippen molar-refractivity contribution in [2.75, 3.05) is 29.7 Å². The largest absolute Gasteiger partial charge is 0.384 e. The third-order valence-electron chi connectivity index (χ3n) is 3.63. The zero-order valence-corrected chi connectivity index (χ0v) is 13.2. The number of nitrogens with two attached hydrogens (primary N) is 1. The summed E-state index contributed by atoms with van der Waals surface area (Å²) < 4.78 is 23.2. The highest BCUT2D eigenvalue weighted by Gasteiger charge is 2.32. The first-order chi connectivity index (χ1) is 9.35. The van der Waals surface area contributed by atoms with Crippen LogP contribution >= 0.6 is 11.8 Å². The molecular formula is C13H19N3O2S2. The van der Waals surface area contributed by atoms with E-state index in [0.717, 1.165) is 10.6 Å². The van der Waals surface area contributed by atoms with Gasteiger partial charge in [0.1, 0.15) is 5.84 Å². The first kappa shape index (κ1) is 15.2. The minimum absolute atomic E-state index is 0.0117. The van der Waals surface area contributed by atoms with E-state index < -0.39 is 9.84 Å². The van der Waals surface area contributed by atoms with Crippen molar-refractivity contribution < 1.29 is 8.42 Å². The molecule has 1 aromatic rings. The molecule has 0 saturated carbocycles. The first-order valence-electron chi connectivity index (χ1n) is 6.30. The smallest absolute Gasteiger partial charge is 0.152 e. The predicted octanol–water partition coefficient (Wildman–Crippen LogP) is 1.32. The average Bonchev–Trinajstić information content (AvgIpc) is 2.77. The molecule has 5 nitrogen and oxygen atoms in total. The Bertz CT molecular complexity index is 629. The van der Waals surface area contributed by atoms with E-state index in [9.17, 15) is 8.42 Å². The molecule has 3 N–H and O–H groups in total. The Morgan fingerprint density at radius 2 is 2.20 bits per heavy atom. The van der Waals surface area contributed by atoms with Crippen molar-refractivity contribution in [2.45, 2.75) is 17.4 Å². The lowest BCUT2D eigenvalue weighted by Gasteiger charge is -2.28. The standard InChI is InChI=1S/C13H19N3O2S2/c1-16(9-6-7-20(17,18)8-9)10-4-3-5-11(19-2)12(10)13(14)15/h3-5,9H,6-8H2,1-2H3,(H3,14,15). The number of nitrogens with zero attached hydrogens (tertiary/aromatic N) is 1. The SMILES string of the molecule is CSc1cccc(N(C)C2CCS(=O)(=O)C2)c1C(=N)N. The molecule has 7 heteroatoms. The van der Waals surface area contributed by atoms with E-state index in [4.69, 9.17) is 11.1 Å². The molecule has 0 amide bonds. The van der Waals surface area contributed by atoms with Crippen LogP contribution in [0.3, 0.4) is 0 Å². The lowest BCUT2D eigenvalue weighted by Crippen LogP contribution is -2.34. The molecule has 110 valence electrons. The minimum atomic E-state index is -2.93. The van der Waals surface area contributed by atoms with Gasteiger partial charge in [-0.3, -0.25) is 5.41 Å². The van der Waals surface area contributed by atoms with Gasteiger partial charge in [-0.25, -0.2) is 8.42 Å². The summed E-state index contributed by atoms with van der Waals surface area (Å²) >= 11 is 1.53. The molecule has 0 aromatic heterocycles. The van der Waals surface area contributed by atoms with Gasteiger partial charge in [-0.05, 0) is 24.8 Å². The molecule has 0 aliphatic carbocycles. The second-order valence-corrected chi connectivity index (χ2v) is 8.01. The fraction of sp³-hybridized carbons (Fsp3) is 0.462. The van der Waals surface area contributed by atoms with Crippen LogP contribution in [0.15, 0.2) is 23.1 Å². The summed E-state index contributed by atoms with van der Waals surface area (Å²) in [6.07, 6.45) is 2.56. The number of hydrogen-bond acceptors (Lipinski definition) is 5. The average molecular weight is 313 g/mol. The molecule has 20 heavy (non-hydrogen) atoms. The Morgan fingerprint density at radius 1 is 1.50 bits per heavy atom. The van der Waals surface area contributed by atoms with E-state index in [1.54, 1.807) is 0 Å². The highest BCUT2D eigenvalue weighted by atomic mass is 32.2. The van der Waals surface area contributed by atoms with Crippen LogP contribution in [0.25, 0.3) is 0 Å². The molecule has 1 aliphatic rings. The van der Waals surface area contributed by atoms with Crippen LogP contribution in [0.4, 0.5) is 5.69 Å². The number of nitrogens with one attached hydrogen (secondary N) is 1. The van der Waals surface area contributed by atoms with E-state index in [0.29, 0.717) is 12.0 Å². The Labute approximate surface area is 124 Å². The number of amidine groups is 1. The van der Waals surface area contributed by atoms with Crippen molar-refractivity contribution in [1.82, 2.24) is 0 Å². The fourth-order valence-electron chi connectivity index (χ4n) is 2.53. The Morgan fingerprint density at radius 3 is 2.70 bits per heavy atom. The topological polar surface area (TPSA) is 87.2 Å². The molecule has 0 bridgehead atoms. The van der Waals surface area contributed by atoms with E-state index in [1.165, 1.54) is 11.8 Å². The van der Waals surface area contributed by atoms with E-state index in [2.05, 4.69) is 0 Å². The molecule has 1 heterocycles. The number of sulfone groups is 1. The number of thioether (sulfide) groups is 1. The molecule has 1 fully saturated rings. The summed E-state index contributed by atoms with van der Waals surface area (Å²) in [6.45, 7) is 0. The molecular weight excluding hydrogens is 294 g/mol. The fourth-order valence-corrected chi connectivity index (χ4v) is 4.94. The number of benzene rings is 1. The summed E-state index contributed by atoms with van der Waals surface area (Å²) in [7, 11) is -1.06. The van der Waals surface area contributed by atoms with Gasteiger partial charge in [-0.15, -0.1) is 11.8 Å². The maximum absolute atomic E-state index is 11.6. The van der Waals surface area contributed by atoms with Crippen molar-refractivity contribution in [3.8, 4) is 0 Å². The van der Waals surface area contributed by atoms with Gasteiger partial charge in [0.05, 0.1) is 17.1 Å². The Hall–Kier alpha value is -1.21. The molecule has 0 radical (unpaired) electrons. The Kier molecular flexibility index (Phi) is 4.29. The van der Waals surface area contributed by atoms with Gasteiger partial charge < -0.3 is 10.6 Å². The van der Waals surface area contributed by atoms with Crippen molar-refractivity contribution in [3.05, 3.63) is 23.8 Å². The summed E-state index contributed by atoms with van der Waals surface area (Å²) in [5.41, 5.74) is 7.22. The third kappa shape index (κ3) is 2.93. The minimum Gasteiger partial charge on any atom is -0.384 e. The number of nitrogen functional groups attached to an aromatic ring is 1. The van der Waals surface area contributed by atoms with Crippen LogP contribution in [-0.2, 0) is 9.84 Å². The monoisotopic (exact) mass is 313 g/mol. The van der Waals surface area contributed by atoms with Gasteiger partial charge in [0.15, 0.2) is 9.84 Å². The van der Waals surface area contributed by atoms with Gasteiger partial charge in [-0.2, -0.15) is 0 Å². The number of anilines is 1. The molecule has 1 aromatic carbocycles. The first-order valence-corrected chi connectivity index (χ1v) is 9.35. The van der Waals surface area contributed by atoms with Gasteiger partial charge in [0, 0.05) is 23.7 Å². The molecule has 1 atom stereocenters. The highest BCUT2D eigenvalue weighted by Crippen LogP contribution is 2.31. The summed E-state index contributed by atoms with van der Waals surface area (Å²) in [5, 5.41) is 7.78. The molecule has 0 spiro atoms. The zero-order chi connectivity index (χ0) is 14.9.